The number of carbonyl (C=O) groups excluding carboxylic acids is 1. The average molecular weight is 362 g/mol. The van der Waals surface area contributed by atoms with Gasteiger partial charge in [-0.15, -0.1) is 0 Å². The quantitative estimate of drug-likeness (QED) is 0.833. The fourth-order valence-electron chi connectivity index (χ4n) is 2.37. The van der Waals surface area contributed by atoms with E-state index in [-0.39, 0.29) is 22.8 Å². The van der Waals surface area contributed by atoms with E-state index in [2.05, 4.69) is 25.4 Å². The topological polar surface area (TPSA) is 72.5 Å². The summed E-state index contributed by atoms with van der Waals surface area (Å²) in [5.74, 6) is -0.479. The van der Waals surface area contributed by atoms with E-state index in [0.29, 0.717) is 19.3 Å². The lowest BCUT2D eigenvalue weighted by atomic mass is 10.1. The largest absolute Gasteiger partial charge is 0.469 e. The number of sulfonamides is 1. The maximum absolute atomic E-state index is 12.2. The fourth-order valence-corrected chi connectivity index (χ4v) is 3.92. The number of methoxy groups -OCH3 is 1. The summed E-state index contributed by atoms with van der Waals surface area (Å²) < 4.78 is 32.6. The molecule has 2 atom stereocenters. The van der Waals surface area contributed by atoms with Crippen LogP contribution in [0, 0.1) is 5.92 Å². The molecule has 0 aromatic heterocycles. The molecule has 1 N–H and O–H groups in total. The molecule has 0 saturated heterocycles. The van der Waals surface area contributed by atoms with E-state index in [0.717, 1.165) is 4.47 Å². The maximum atomic E-state index is 12.2. The van der Waals surface area contributed by atoms with Gasteiger partial charge < -0.3 is 4.74 Å². The van der Waals surface area contributed by atoms with Gasteiger partial charge in [-0.3, -0.25) is 4.79 Å². The van der Waals surface area contributed by atoms with Crippen LogP contribution in [-0.2, 0) is 19.6 Å². The van der Waals surface area contributed by atoms with Gasteiger partial charge in [0.25, 0.3) is 0 Å². The Kier molecular flexibility index (Phi) is 4.82. The summed E-state index contributed by atoms with van der Waals surface area (Å²) in [6.07, 6.45) is 1.79. The first-order valence-corrected chi connectivity index (χ1v) is 8.55. The molecule has 0 radical (unpaired) electrons. The zero-order chi connectivity index (χ0) is 14.8. The summed E-state index contributed by atoms with van der Waals surface area (Å²) >= 11 is 3.27. The standard InChI is InChI=1S/C13H16BrNO4S/c1-19-13(16)9-2-5-11(8-9)15-20(17,18)12-6-3-10(14)4-7-12/h3-4,6-7,9,11,15H,2,5,8H2,1H3. The van der Waals surface area contributed by atoms with Crippen molar-refractivity contribution in [3.05, 3.63) is 28.7 Å². The lowest BCUT2D eigenvalue weighted by Crippen LogP contribution is -2.33. The van der Waals surface area contributed by atoms with Crippen molar-refractivity contribution in [2.45, 2.75) is 30.2 Å². The second kappa shape index (κ2) is 6.24. The van der Waals surface area contributed by atoms with Gasteiger partial charge in [0.15, 0.2) is 0 Å². The van der Waals surface area contributed by atoms with E-state index < -0.39 is 10.0 Å². The van der Waals surface area contributed by atoms with Crippen molar-refractivity contribution in [1.29, 1.82) is 0 Å². The van der Waals surface area contributed by atoms with Gasteiger partial charge in [0.05, 0.1) is 17.9 Å². The Labute approximate surface area is 126 Å². The third-order valence-corrected chi connectivity index (χ3v) is 5.48. The summed E-state index contributed by atoms with van der Waals surface area (Å²) in [5.41, 5.74) is 0. The van der Waals surface area contributed by atoms with Crippen LogP contribution in [0.2, 0.25) is 0 Å². The minimum atomic E-state index is -3.54. The number of hydrogen-bond acceptors (Lipinski definition) is 4. The van der Waals surface area contributed by atoms with Crippen LogP contribution in [-0.4, -0.2) is 27.5 Å². The van der Waals surface area contributed by atoms with Crippen molar-refractivity contribution in [3.8, 4) is 0 Å². The molecule has 110 valence electrons. The van der Waals surface area contributed by atoms with Gasteiger partial charge in [0.2, 0.25) is 10.0 Å². The SMILES string of the molecule is COC(=O)C1CCC(NS(=O)(=O)c2ccc(Br)cc2)C1. The molecule has 1 fully saturated rings. The monoisotopic (exact) mass is 361 g/mol. The fraction of sp³-hybridized carbons (Fsp3) is 0.462. The predicted molar refractivity (Wildman–Crippen MR) is 77.6 cm³/mol. The number of nitrogens with one attached hydrogen (secondary N) is 1. The minimum Gasteiger partial charge on any atom is -0.469 e. The van der Waals surface area contributed by atoms with Gasteiger partial charge in [-0.05, 0) is 43.5 Å². The van der Waals surface area contributed by atoms with Crippen LogP contribution in [0.15, 0.2) is 33.6 Å². The van der Waals surface area contributed by atoms with Crippen LogP contribution < -0.4 is 4.72 Å². The van der Waals surface area contributed by atoms with E-state index in [1.165, 1.54) is 7.11 Å². The van der Waals surface area contributed by atoms with E-state index in [9.17, 15) is 13.2 Å². The molecule has 0 aliphatic heterocycles. The molecule has 20 heavy (non-hydrogen) atoms. The number of halogens is 1. The number of esters is 1. The molecule has 2 rings (SSSR count). The Morgan fingerprint density at radius 2 is 1.95 bits per heavy atom. The number of hydrogen-bond donors (Lipinski definition) is 1. The van der Waals surface area contributed by atoms with Crippen molar-refractivity contribution >= 4 is 31.9 Å². The average Bonchev–Trinajstić information content (AvgIpc) is 2.86. The Balaban J connectivity index is 2.03. The van der Waals surface area contributed by atoms with Gasteiger partial charge in [0.1, 0.15) is 0 Å². The van der Waals surface area contributed by atoms with E-state index in [4.69, 9.17) is 0 Å². The zero-order valence-corrected chi connectivity index (χ0v) is 13.4. The number of carbonyl (C=O) groups is 1. The van der Waals surface area contributed by atoms with Gasteiger partial charge in [0, 0.05) is 10.5 Å². The summed E-state index contributed by atoms with van der Waals surface area (Å²) in [6, 6.07) is 6.23. The van der Waals surface area contributed by atoms with Crippen molar-refractivity contribution in [2.24, 2.45) is 5.92 Å². The first-order valence-electron chi connectivity index (χ1n) is 6.28. The lowest BCUT2D eigenvalue weighted by Gasteiger charge is -2.13. The second-order valence-corrected chi connectivity index (χ2v) is 7.43. The summed E-state index contributed by atoms with van der Waals surface area (Å²) in [4.78, 5) is 11.7. The number of ether oxygens (including phenoxy) is 1. The number of benzene rings is 1. The smallest absolute Gasteiger partial charge is 0.308 e. The first kappa shape index (κ1) is 15.5. The highest BCUT2D eigenvalue weighted by Crippen LogP contribution is 2.27. The summed E-state index contributed by atoms with van der Waals surface area (Å²) in [5, 5.41) is 0. The van der Waals surface area contributed by atoms with Crippen LogP contribution in [0.3, 0.4) is 0 Å². The maximum Gasteiger partial charge on any atom is 0.308 e. The third-order valence-electron chi connectivity index (χ3n) is 3.41. The summed E-state index contributed by atoms with van der Waals surface area (Å²) in [6.45, 7) is 0. The molecular formula is C13H16BrNO4S. The zero-order valence-electron chi connectivity index (χ0n) is 11.0. The second-order valence-electron chi connectivity index (χ2n) is 4.81. The van der Waals surface area contributed by atoms with Crippen LogP contribution in [0.4, 0.5) is 0 Å². The van der Waals surface area contributed by atoms with Crippen molar-refractivity contribution in [2.75, 3.05) is 7.11 Å². The molecule has 1 aromatic carbocycles. The molecule has 2 unspecified atom stereocenters. The molecule has 0 amide bonds. The minimum absolute atomic E-state index is 0.211. The molecule has 0 spiro atoms. The highest BCUT2D eigenvalue weighted by Gasteiger charge is 2.33. The molecule has 0 heterocycles. The van der Waals surface area contributed by atoms with Crippen LogP contribution in [0.5, 0.6) is 0 Å². The van der Waals surface area contributed by atoms with Crippen molar-refractivity contribution in [1.82, 2.24) is 4.72 Å². The van der Waals surface area contributed by atoms with Crippen LogP contribution in [0.25, 0.3) is 0 Å². The lowest BCUT2D eigenvalue weighted by molar-refractivity contribution is -0.145. The highest BCUT2D eigenvalue weighted by atomic mass is 79.9. The Bertz CT molecular complexity index is 585. The molecule has 5 nitrogen and oxygen atoms in total. The van der Waals surface area contributed by atoms with E-state index in [1.54, 1.807) is 24.3 Å². The third kappa shape index (κ3) is 3.59. The molecule has 1 aliphatic rings. The normalized spacial score (nSPS) is 22.7. The van der Waals surface area contributed by atoms with E-state index >= 15 is 0 Å². The van der Waals surface area contributed by atoms with Gasteiger partial charge in [-0.2, -0.15) is 0 Å². The molecular weight excluding hydrogens is 346 g/mol. The van der Waals surface area contributed by atoms with Gasteiger partial charge in [-0.1, -0.05) is 15.9 Å². The van der Waals surface area contributed by atoms with E-state index in [1.807, 2.05) is 0 Å². The van der Waals surface area contributed by atoms with Crippen LogP contribution >= 0.6 is 15.9 Å². The van der Waals surface area contributed by atoms with Gasteiger partial charge in [-0.25, -0.2) is 13.1 Å². The van der Waals surface area contributed by atoms with Gasteiger partial charge >= 0.3 is 5.97 Å². The van der Waals surface area contributed by atoms with Crippen LogP contribution in [0.1, 0.15) is 19.3 Å². The Morgan fingerprint density at radius 3 is 2.55 bits per heavy atom. The predicted octanol–water partition coefficient (Wildman–Crippen LogP) is 2.07. The Morgan fingerprint density at radius 1 is 1.30 bits per heavy atom. The molecule has 7 heteroatoms. The molecule has 1 aliphatic carbocycles. The number of rotatable bonds is 4. The van der Waals surface area contributed by atoms with Crippen molar-refractivity contribution < 1.29 is 17.9 Å². The van der Waals surface area contributed by atoms with Crippen molar-refractivity contribution in [3.63, 3.8) is 0 Å². The molecule has 1 saturated carbocycles. The first-order chi connectivity index (χ1) is 9.42. The molecule has 1 aromatic rings. The molecule has 0 bridgehead atoms. The summed E-state index contributed by atoms with van der Waals surface area (Å²) in [7, 11) is -2.19. The highest BCUT2D eigenvalue weighted by molar-refractivity contribution is 9.10. The Hall–Kier alpha value is -0.920.